The lowest BCUT2D eigenvalue weighted by Gasteiger charge is -2.29. The molecule has 0 aromatic carbocycles. The third-order valence-electron chi connectivity index (χ3n) is 4.31. The quantitative estimate of drug-likeness (QED) is 0.639. The molecule has 0 bridgehead atoms. The molecule has 0 spiro atoms. The van der Waals surface area contributed by atoms with E-state index in [1.54, 1.807) is 11.8 Å². The van der Waals surface area contributed by atoms with Crippen molar-refractivity contribution in [3.63, 3.8) is 0 Å². The Labute approximate surface area is 140 Å². The van der Waals surface area contributed by atoms with Crippen molar-refractivity contribution in [1.29, 1.82) is 0 Å². The molecule has 4 heterocycles. The van der Waals surface area contributed by atoms with Gasteiger partial charge in [-0.2, -0.15) is 0 Å². The van der Waals surface area contributed by atoms with Gasteiger partial charge in [-0.15, -0.1) is 12.4 Å². The lowest BCUT2D eigenvalue weighted by molar-refractivity contribution is -0.121. The van der Waals surface area contributed by atoms with Crippen molar-refractivity contribution in [2.24, 2.45) is 0 Å². The number of pyridine rings is 1. The molecule has 1 aromatic heterocycles. The van der Waals surface area contributed by atoms with Gasteiger partial charge >= 0.3 is 0 Å². The standard InChI is InChI=1S/C14H19N5OS.ClH/c20-13(19-8-2-1-4-15-6-8)12-11-10-9(17-7-18-11)3-5-16-14(10)21-12;/h3,5,8,11-12,15,17-18H,1-2,4,6-7H2,(H,19,20);1H. The van der Waals surface area contributed by atoms with Crippen LogP contribution in [0.4, 0.5) is 5.69 Å². The number of carbonyl (C=O) groups is 1. The number of carbonyl (C=O) groups excluding carboxylic acids is 1. The van der Waals surface area contributed by atoms with Crippen LogP contribution in [0.15, 0.2) is 17.3 Å². The first-order valence-corrected chi connectivity index (χ1v) is 8.35. The van der Waals surface area contributed by atoms with Crippen LogP contribution < -0.4 is 21.3 Å². The van der Waals surface area contributed by atoms with Crippen LogP contribution in [-0.2, 0) is 4.79 Å². The van der Waals surface area contributed by atoms with Crippen LogP contribution in [0.2, 0.25) is 0 Å². The fourth-order valence-corrected chi connectivity index (χ4v) is 4.54. The number of hydrogen-bond donors (Lipinski definition) is 4. The number of rotatable bonds is 2. The third kappa shape index (κ3) is 2.78. The highest BCUT2D eigenvalue weighted by Gasteiger charge is 2.42. The summed E-state index contributed by atoms with van der Waals surface area (Å²) in [6.45, 7) is 2.62. The summed E-state index contributed by atoms with van der Waals surface area (Å²) in [5, 5.41) is 14.1. The third-order valence-corrected chi connectivity index (χ3v) is 5.60. The molecule has 1 fully saturated rings. The summed E-state index contributed by atoms with van der Waals surface area (Å²) in [5.41, 5.74) is 2.25. The Kier molecular flexibility index (Phi) is 4.77. The maximum atomic E-state index is 12.6. The number of nitrogens with zero attached hydrogens (tertiary/aromatic N) is 1. The molecule has 4 rings (SSSR count). The fraction of sp³-hybridized carbons (Fsp3) is 0.571. The number of hydrogen-bond acceptors (Lipinski definition) is 6. The lowest BCUT2D eigenvalue weighted by Crippen LogP contribution is -2.50. The second kappa shape index (κ2) is 6.62. The average Bonchev–Trinajstić information content (AvgIpc) is 2.90. The first kappa shape index (κ1) is 15.9. The number of piperidine rings is 1. The van der Waals surface area contributed by atoms with E-state index < -0.39 is 0 Å². The van der Waals surface area contributed by atoms with Gasteiger partial charge in [0.15, 0.2) is 0 Å². The van der Waals surface area contributed by atoms with Crippen LogP contribution in [0.5, 0.6) is 0 Å². The molecule has 4 N–H and O–H groups in total. The molecule has 0 aliphatic carbocycles. The Morgan fingerprint density at radius 1 is 1.45 bits per heavy atom. The molecule has 3 atom stereocenters. The maximum Gasteiger partial charge on any atom is 0.235 e. The number of nitrogens with one attached hydrogen (secondary N) is 4. The van der Waals surface area contributed by atoms with E-state index in [2.05, 4.69) is 26.3 Å². The van der Waals surface area contributed by atoms with E-state index in [1.807, 2.05) is 12.3 Å². The van der Waals surface area contributed by atoms with Crippen molar-refractivity contribution < 1.29 is 4.79 Å². The van der Waals surface area contributed by atoms with E-state index in [9.17, 15) is 4.79 Å². The highest BCUT2D eigenvalue weighted by atomic mass is 35.5. The van der Waals surface area contributed by atoms with Gasteiger partial charge in [0, 0.05) is 30.0 Å². The van der Waals surface area contributed by atoms with E-state index in [-0.39, 0.29) is 35.6 Å². The van der Waals surface area contributed by atoms with Crippen LogP contribution in [0.1, 0.15) is 24.4 Å². The molecule has 3 unspecified atom stereocenters. The molecule has 6 nitrogen and oxygen atoms in total. The van der Waals surface area contributed by atoms with Gasteiger partial charge in [-0.3, -0.25) is 10.1 Å². The molecule has 0 saturated carbocycles. The Morgan fingerprint density at radius 2 is 2.36 bits per heavy atom. The maximum absolute atomic E-state index is 12.6. The summed E-state index contributed by atoms with van der Waals surface area (Å²) < 4.78 is 0. The van der Waals surface area contributed by atoms with Crippen molar-refractivity contribution in [2.75, 3.05) is 25.1 Å². The largest absolute Gasteiger partial charge is 0.372 e. The van der Waals surface area contributed by atoms with Gasteiger partial charge in [0.2, 0.25) is 5.91 Å². The zero-order chi connectivity index (χ0) is 14.2. The van der Waals surface area contributed by atoms with Crippen molar-refractivity contribution in [3.05, 3.63) is 17.8 Å². The second-order valence-electron chi connectivity index (χ2n) is 5.70. The summed E-state index contributed by atoms with van der Waals surface area (Å²) in [4.78, 5) is 17.1. The van der Waals surface area contributed by atoms with E-state index in [0.29, 0.717) is 6.67 Å². The summed E-state index contributed by atoms with van der Waals surface area (Å²) >= 11 is 1.57. The number of thioether (sulfide) groups is 1. The molecule has 8 heteroatoms. The molecular formula is C14H20ClN5OS. The van der Waals surface area contributed by atoms with Crippen LogP contribution in [0, 0.1) is 0 Å². The van der Waals surface area contributed by atoms with Crippen LogP contribution in [0.25, 0.3) is 0 Å². The minimum absolute atomic E-state index is 0. The molecule has 3 aliphatic heterocycles. The molecule has 120 valence electrons. The monoisotopic (exact) mass is 341 g/mol. The van der Waals surface area contributed by atoms with Crippen molar-refractivity contribution >= 4 is 35.8 Å². The Hall–Kier alpha value is -1.02. The normalized spacial score (nSPS) is 29.0. The van der Waals surface area contributed by atoms with Crippen molar-refractivity contribution in [3.8, 4) is 0 Å². The van der Waals surface area contributed by atoms with E-state index in [0.717, 1.165) is 42.2 Å². The predicted octanol–water partition coefficient (Wildman–Crippen LogP) is 0.860. The fourth-order valence-electron chi connectivity index (χ4n) is 3.27. The Bertz CT molecular complexity index is 566. The zero-order valence-electron chi connectivity index (χ0n) is 12.1. The van der Waals surface area contributed by atoms with Gasteiger partial charge in [-0.05, 0) is 25.5 Å². The van der Waals surface area contributed by atoms with Crippen LogP contribution in [0.3, 0.4) is 0 Å². The number of anilines is 1. The summed E-state index contributed by atoms with van der Waals surface area (Å²) in [6.07, 6.45) is 3.99. The summed E-state index contributed by atoms with van der Waals surface area (Å²) in [6, 6.07) is 2.30. The molecule has 22 heavy (non-hydrogen) atoms. The van der Waals surface area contributed by atoms with Crippen molar-refractivity contribution in [1.82, 2.24) is 20.9 Å². The van der Waals surface area contributed by atoms with Crippen LogP contribution in [-0.4, -0.2) is 41.9 Å². The SMILES string of the molecule is Cl.O=C(NC1CCCNC1)C1Sc2nccc3c2C1NCN3. The summed E-state index contributed by atoms with van der Waals surface area (Å²) in [5.74, 6) is 0.122. The smallest absolute Gasteiger partial charge is 0.235 e. The first-order chi connectivity index (χ1) is 10.3. The number of aromatic nitrogens is 1. The predicted molar refractivity (Wildman–Crippen MR) is 89.5 cm³/mol. The number of halogens is 1. The van der Waals surface area contributed by atoms with Gasteiger partial charge < -0.3 is 16.0 Å². The molecular weight excluding hydrogens is 322 g/mol. The Balaban J connectivity index is 0.00000144. The highest BCUT2D eigenvalue weighted by Crippen LogP contribution is 2.47. The Morgan fingerprint density at radius 3 is 3.18 bits per heavy atom. The molecule has 0 radical (unpaired) electrons. The average molecular weight is 342 g/mol. The minimum Gasteiger partial charge on any atom is -0.372 e. The van der Waals surface area contributed by atoms with E-state index >= 15 is 0 Å². The second-order valence-corrected chi connectivity index (χ2v) is 6.83. The van der Waals surface area contributed by atoms with Crippen LogP contribution >= 0.6 is 24.2 Å². The van der Waals surface area contributed by atoms with E-state index in [4.69, 9.17) is 0 Å². The van der Waals surface area contributed by atoms with Gasteiger partial charge in [0.1, 0.15) is 10.3 Å². The van der Waals surface area contributed by atoms with Gasteiger partial charge in [0.05, 0.1) is 12.7 Å². The molecule has 1 amide bonds. The zero-order valence-corrected chi connectivity index (χ0v) is 13.7. The van der Waals surface area contributed by atoms with Crippen molar-refractivity contribution in [2.45, 2.75) is 35.2 Å². The lowest BCUT2D eigenvalue weighted by atomic mass is 10.0. The topological polar surface area (TPSA) is 78.1 Å². The molecule has 1 aromatic rings. The van der Waals surface area contributed by atoms with Gasteiger partial charge in [-0.25, -0.2) is 4.98 Å². The minimum atomic E-state index is -0.127. The number of amides is 1. The molecule has 1 saturated heterocycles. The first-order valence-electron chi connectivity index (χ1n) is 7.47. The van der Waals surface area contributed by atoms with Gasteiger partial charge in [0.25, 0.3) is 0 Å². The molecule has 3 aliphatic rings. The summed E-state index contributed by atoms with van der Waals surface area (Å²) in [7, 11) is 0. The highest BCUT2D eigenvalue weighted by molar-refractivity contribution is 8.01. The van der Waals surface area contributed by atoms with E-state index in [1.165, 1.54) is 0 Å². The van der Waals surface area contributed by atoms with Gasteiger partial charge in [-0.1, -0.05) is 11.8 Å².